The van der Waals surface area contributed by atoms with E-state index in [-0.39, 0.29) is 6.17 Å². The van der Waals surface area contributed by atoms with E-state index in [0.717, 1.165) is 25.9 Å². The van der Waals surface area contributed by atoms with Crippen LogP contribution in [-0.4, -0.2) is 50.9 Å². The molecule has 0 aliphatic heterocycles. The van der Waals surface area contributed by atoms with Gasteiger partial charge in [0.15, 0.2) is 0 Å². The molecule has 0 aliphatic carbocycles. The topological polar surface area (TPSA) is 82.1 Å². The molecule has 0 aromatic carbocycles. The summed E-state index contributed by atoms with van der Waals surface area (Å²) in [4.78, 5) is 36.0. The van der Waals surface area contributed by atoms with Gasteiger partial charge in [0.1, 0.15) is 6.17 Å². The molecule has 122 valence electrons. The third-order valence-corrected chi connectivity index (χ3v) is 5.02. The van der Waals surface area contributed by atoms with Gasteiger partial charge < -0.3 is 13.3 Å². The van der Waals surface area contributed by atoms with E-state index in [2.05, 4.69) is 0 Å². The van der Waals surface area contributed by atoms with Gasteiger partial charge in [0.25, 0.3) is 17.9 Å². The molecule has 0 aromatic rings. The van der Waals surface area contributed by atoms with E-state index in [0.29, 0.717) is 0 Å². The van der Waals surface area contributed by atoms with Crippen LogP contribution in [-0.2, 0) is 27.7 Å². The summed E-state index contributed by atoms with van der Waals surface area (Å²) in [5.74, 6) is -1.92. The second-order valence-corrected chi connectivity index (χ2v) is 7.03. The highest BCUT2D eigenvalue weighted by Crippen LogP contribution is 2.14. The first-order chi connectivity index (χ1) is 9.74. The summed E-state index contributed by atoms with van der Waals surface area (Å²) in [6.45, 7) is 9.06. The molecular weight excluding hydrogens is 294 g/mol. The van der Waals surface area contributed by atoms with Gasteiger partial charge in [-0.2, -0.15) is 0 Å². The fraction of sp³-hybridized carbons (Fsp3) is 0.769. The molecule has 0 N–H and O–H groups in total. The van der Waals surface area contributed by atoms with E-state index in [1.807, 2.05) is 18.7 Å². The molecular formula is C13H25NO6Si. The Morgan fingerprint density at radius 3 is 1.38 bits per heavy atom. The Balaban J connectivity index is 5.31. The Kier molecular flexibility index (Phi) is 8.87. The van der Waals surface area contributed by atoms with Gasteiger partial charge in [-0.15, -0.1) is 0 Å². The molecule has 0 atom stereocenters. The minimum absolute atomic E-state index is 0.118. The van der Waals surface area contributed by atoms with E-state index in [1.165, 1.54) is 20.8 Å². The standard InChI is InChI=1S/C13H25NO6Si/c1-6-8-14(9-7-2)10-21(18-11(3)15,19-12(4)16)20-13(5)17/h6-10H2,1-5H3. The third kappa shape index (κ3) is 8.46. The van der Waals surface area contributed by atoms with Crippen molar-refractivity contribution in [3.8, 4) is 0 Å². The minimum Gasteiger partial charge on any atom is -0.455 e. The molecule has 0 radical (unpaired) electrons. The fourth-order valence-electron chi connectivity index (χ4n) is 1.99. The molecule has 0 rings (SSSR count). The number of carbonyl (C=O) groups is 3. The van der Waals surface area contributed by atoms with Crippen LogP contribution in [0.1, 0.15) is 47.5 Å². The third-order valence-electron chi connectivity index (χ3n) is 2.39. The van der Waals surface area contributed by atoms with E-state index in [1.54, 1.807) is 0 Å². The lowest BCUT2D eigenvalue weighted by molar-refractivity contribution is -0.148. The van der Waals surface area contributed by atoms with Crippen molar-refractivity contribution in [1.82, 2.24) is 4.90 Å². The molecule has 0 unspecified atom stereocenters. The van der Waals surface area contributed by atoms with E-state index in [4.69, 9.17) is 13.3 Å². The number of carbonyl (C=O) groups excluding carboxylic acids is 3. The molecule has 0 saturated heterocycles. The SMILES string of the molecule is CCCN(CCC)C[Si](OC(C)=O)(OC(C)=O)OC(C)=O. The predicted molar refractivity (Wildman–Crippen MR) is 78.1 cm³/mol. The van der Waals surface area contributed by atoms with Gasteiger partial charge in [-0.3, -0.25) is 19.3 Å². The maximum Gasteiger partial charge on any atom is 0.720 e. The van der Waals surface area contributed by atoms with Gasteiger partial charge in [-0.1, -0.05) is 13.8 Å². The molecule has 0 heterocycles. The number of rotatable bonds is 9. The molecule has 0 amide bonds. The van der Waals surface area contributed by atoms with E-state index in [9.17, 15) is 14.4 Å². The molecule has 21 heavy (non-hydrogen) atoms. The van der Waals surface area contributed by atoms with Crippen LogP contribution < -0.4 is 0 Å². The van der Waals surface area contributed by atoms with Crippen molar-refractivity contribution in [2.75, 3.05) is 19.3 Å². The first kappa shape index (κ1) is 19.6. The summed E-state index contributed by atoms with van der Waals surface area (Å²) in [7, 11) is -3.74. The highest BCUT2D eigenvalue weighted by Gasteiger charge is 2.53. The van der Waals surface area contributed by atoms with Gasteiger partial charge >= 0.3 is 8.80 Å². The fourth-order valence-corrected chi connectivity index (χ4v) is 4.49. The normalized spacial score (nSPS) is 11.1. The Morgan fingerprint density at radius 1 is 0.810 bits per heavy atom. The van der Waals surface area contributed by atoms with Crippen LogP contribution in [0.25, 0.3) is 0 Å². The van der Waals surface area contributed by atoms with Gasteiger partial charge in [0.2, 0.25) is 0 Å². The molecule has 0 bridgehead atoms. The zero-order valence-corrected chi connectivity index (χ0v) is 14.4. The molecule has 0 aromatic heterocycles. The summed E-state index contributed by atoms with van der Waals surface area (Å²) >= 11 is 0. The highest BCUT2D eigenvalue weighted by atomic mass is 28.4. The lowest BCUT2D eigenvalue weighted by atomic mass is 10.4. The average Bonchev–Trinajstić information content (AvgIpc) is 2.25. The Labute approximate surface area is 126 Å². The Morgan fingerprint density at radius 2 is 1.14 bits per heavy atom. The van der Waals surface area contributed by atoms with Crippen molar-refractivity contribution < 1.29 is 27.7 Å². The van der Waals surface area contributed by atoms with Gasteiger partial charge in [-0.25, -0.2) is 0 Å². The first-order valence-corrected chi connectivity index (χ1v) is 8.99. The van der Waals surface area contributed by atoms with Crippen molar-refractivity contribution >= 4 is 26.7 Å². The van der Waals surface area contributed by atoms with Gasteiger partial charge in [-0.05, 0) is 25.9 Å². The maximum absolute atomic E-state index is 11.3. The van der Waals surface area contributed by atoms with Crippen LogP contribution in [0.5, 0.6) is 0 Å². The Hall–Kier alpha value is -1.41. The quantitative estimate of drug-likeness (QED) is 0.592. The van der Waals surface area contributed by atoms with Crippen molar-refractivity contribution in [2.24, 2.45) is 0 Å². The smallest absolute Gasteiger partial charge is 0.455 e. The average molecular weight is 319 g/mol. The maximum atomic E-state index is 11.3. The second kappa shape index (κ2) is 9.51. The summed E-state index contributed by atoms with van der Waals surface area (Å²) in [6, 6.07) is 0. The number of hydrogen-bond donors (Lipinski definition) is 0. The number of nitrogens with zero attached hydrogens (tertiary/aromatic N) is 1. The van der Waals surface area contributed by atoms with Crippen molar-refractivity contribution in [1.29, 1.82) is 0 Å². The van der Waals surface area contributed by atoms with Crippen molar-refractivity contribution in [3.05, 3.63) is 0 Å². The van der Waals surface area contributed by atoms with Crippen LogP contribution >= 0.6 is 0 Å². The van der Waals surface area contributed by atoms with E-state index >= 15 is 0 Å². The molecule has 7 nitrogen and oxygen atoms in total. The van der Waals surface area contributed by atoms with Crippen LogP contribution in [0.2, 0.25) is 0 Å². The zero-order valence-electron chi connectivity index (χ0n) is 13.4. The first-order valence-electron chi connectivity index (χ1n) is 7.05. The van der Waals surface area contributed by atoms with Crippen molar-refractivity contribution in [3.63, 3.8) is 0 Å². The summed E-state index contributed by atoms with van der Waals surface area (Å²) < 4.78 is 15.5. The highest BCUT2D eigenvalue weighted by molar-refractivity contribution is 6.65. The van der Waals surface area contributed by atoms with Crippen LogP contribution in [0.4, 0.5) is 0 Å². The minimum atomic E-state index is -3.74. The van der Waals surface area contributed by atoms with Crippen LogP contribution in [0.15, 0.2) is 0 Å². The van der Waals surface area contributed by atoms with E-state index < -0.39 is 26.7 Å². The Bertz CT molecular complexity index is 327. The lowest BCUT2D eigenvalue weighted by Gasteiger charge is -2.31. The molecule has 0 spiro atoms. The largest absolute Gasteiger partial charge is 0.720 e. The predicted octanol–water partition coefficient (Wildman–Crippen LogP) is 1.28. The number of hydrogen-bond acceptors (Lipinski definition) is 7. The monoisotopic (exact) mass is 319 g/mol. The zero-order chi connectivity index (χ0) is 16.5. The molecule has 8 heteroatoms. The van der Waals surface area contributed by atoms with Gasteiger partial charge in [0.05, 0.1) is 0 Å². The summed E-state index contributed by atoms with van der Waals surface area (Å²) in [5, 5.41) is 0. The van der Waals surface area contributed by atoms with Crippen molar-refractivity contribution in [2.45, 2.75) is 47.5 Å². The lowest BCUT2D eigenvalue weighted by Crippen LogP contribution is -2.58. The summed E-state index contributed by atoms with van der Waals surface area (Å²) in [5.41, 5.74) is 0. The molecule has 0 saturated carbocycles. The molecule has 0 fully saturated rings. The van der Waals surface area contributed by atoms with Crippen LogP contribution in [0.3, 0.4) is 0 Å². The van der Waals surface area contributed by atoms with Crippen LogP contribution in [0, 0.1) is 0 Å². The van der Waals surface area contributed by atoms with Gasteiger partial charge in [0, 0.05) is 20.8 Å². The summed E-state index contributed by atoms with van der Waals surface area (Å²) in [6.07, 6.45) is 1.88. The second-order valence-electron chi connectivity index (χ2n) is 4.74. The molecule has 0 aliphatic rings.